The number of rotatable bonds is 3. The molecule has 1 N–H and O–H groups in total. The minimum atomic E-state index is -1.04. The summed E-state index contributed by atoms with van der Waals surface area (Å²) in [5.41, 5.74) is 0.179. The number of benzene rings is 1. The molecule has 0 aliphatic carbocycles. The van der Waals surface area contributed by atoms with Crippen LogP contribution in [0.2, 0.25) is 0 Å². The lowest BCUT2D eigenvalue weighted by atomic mass is 9.95. The maximum atomic E-state index is 11.4. The molecular weight excluding hydrogens is 260 g/mol. The molecule has 0 saturated carbocycles. The summed E-state index contributed by atoms with van der Waals surface area (Å²) in [6.45, 7) is 5.86. The zero-order chi connectivity index (χ0) is 14.9. The third-order valence-corrected chi connectivity index (χ3v) is 2.80. The Morgan fingerprint density at radius 2 is 2.05 bits per heavy atom. The van der Waals surface area contributed by atoms with Gasteiger partial charge in [-0.25, -0.2) is 4.79 Å². The molecule has 0 spiro atoms. The maximum Gasteiger partial charge on any atom is 0.337 e. The van der Waals surface area contributed by atoms with Gasteiger partial charge in [-0.2, -0.15) is 4.68 Å². The van der Waals surface area contributed by atoms with Crippen molar-refractivity contribution in [3.63, 3.8) is 0 Å². The monoisotopic (exact) mass is 276 g/mol. The topological polar surface area (TPSA) is 90.1 Å². The van der Waals surface area contributed by atoms with E-state index in [9.17, 15) is 9.90 Å². The number of aromatic nitrogens is 4. The van der Waals surface area contributed by atoms with Gasteiger partial charge in [0.2, 0.25) is 0 Å². The van der Waals surface area contributed by atoms with E-state index in [1.165, 1.54) is 17.9 Å². The maximum absolute atomic E-state index is 11.4. The second-order valence-corrected chi connectivity index (χ2v) is 5.35. The molecule has 2 rings (SSSR count). The minimum absolute atomic E-state index is 0.114. The number of ether oxygens (including phenoxy) is 1. The highest BCUT2D eigenvalue weighted by Gasteiger charge is 2.25. The van der Waals surface area contributed by atoms with Crippen LogP contribution in [0.3, 0.4) is 0 Å². The number of tetrazole rings is 1. The van der Waals surface area contributed by atoms with E-state index >= 15 is 0 Å². The van der Waals surface area contributed by atoms with Crippen molar-refractivity contribution in [2.75, 3.05) is 7.11 Å². The van der Waals surface area contributed by atoms with Crippen LogP contribution >= 0.6 is 0 Å². The van der Waals surface area contributed by atoms with Gasteiger partial charge in [0.05, 0.1) is 18.4 Å². The molecule has 7 nitrogen and oxygen atoms in total. The van der Waals surface area contributed by atoms with Crippen molar-refractivity contribution in [3.05, 3.63) is 29.6 Å². The lowest BCUT2D eigenvalue weighted by Gasteiger charge is -2.18. The standard InChI is InChI=1S/C13H16N4O3/c1-13(2,3)12-14-15-16-17(12)10-7-8(20-4)5-6-9(10)11(18)19/h5-7H,1-4H3,(H,18,19). The van der Waals surface area contributed by atoms with Gasteiger partial charge in [0, 0.05) is 11.5 Å². The Morgan fingerprint density at radius 3 is 2.60 bits per heavy atom. The lowest BCUT2D eigenvalue weighted by molar-refractivity contribution is 0.0696. The van der Waals surface area contributed by atoms with E-state index in [0.29, 0.717) is 17.3 Å². The fraction of sp³-hybridized carbons (Fsp3) is 0.385. The van der Waals surface area contributed by atoms with Crippen LogP contribution in [0.15, 0.2) is 18.2 Å². The molecule has 106 valence electrons. The number of hydrogen-bond donors (Lipinski definition) is 1. The van der Waals surface area contributed by atoms with Crippen molar-refractivity contribution in [2.45, 2.75) is 26.2 Å². The van der Waals surface area contributed by atoms with Crippen molar-refractivity contribution < 1.29 is 14.6 Å². The SMILES string of the molecule is COc1ccc(C(=O)O)c(-n2nnnc2C(C)(C)C)c1. The van der Waals surface area contributed by atoms with Gasteiger partial charge in [-0.1, -0.05) is 20.8 Å². The number of carboxylic acids is 1. The van der Waals surface area contributed by atoms with Gasteiger partial charge in [-0.05, 0) is 22.6 Å². The van der Waals surface area contributed by atoms with Gasteiger partial charge < -0.3 is 9.84 Å². The number of nitrogens with zero attached hydrogens (tertiary/aromatic N) is 4. The van der Waals surface area contributed by atoms with Crippen molar-refractivity contribution in [1.29, 1.82) is 0 Å². The summed E-state index contributed by atoms with van der Waals surface area (Å²) in [5, 5.41) is 20.8. The minimum Gasteiger partial charge on any atom is -0.497 e. The molecule has 0 saturated heterocycles. The fourth-order valence-electron chi connectivity index (χ4n) is 1.81. The van der Waals surface area contributed by atoms with Crippen LogP contribution in [0.1, 0.15) is 37.0 Å². The van der Waals surface area contributed by atoms with Gasteiger partial charge in [0.25, 0.3) is 0 Å². The average molecular weight is 276 g/mol. The smallest absolute Gasteiger partial charge is 0.337 e. The van der Waals surface area contributed by atoms with Gasteiger partial charge in [0.1, 0.15) is 5.75 Å². The number of aromatic carboxylic acids is 1. The summed E-state index contributed by atoms with van der Waals surface area (Å²) < 4.78 is 6.57. The molecule has 0 aliphatic rings. The molecule has 0 amide bonds. The van der Waals surface area contributed by atoms with Crippen molar-refractivity contribution in [2.24, 2.45) is 0 Å². The largest absolute Gasteiger partial charge is 0.497 e. The molecule has 0 unspecified atom stereocenters. The highest BCUT2D eigenvalue weighted by atomic mass is 16.5. The molecule has 0 fully saturated rings. The summed E-state index contributed by atoms with van der Waals surface area (Å²) in [6, 6.07) is 4.67. The van der Waals surface area contributed by atoms with Crippen LogP contribution in [0, 0.1) is 0 Å². The van der Waals surface area contributed by atoms with Crippen LogP contribution in [-0.2, 0) is 5.41 Å². The number of hydrogen-bond acceptors (Lipinski definition) is 5. The number of methoxy groups -OCH3 is 1. The Labute approximate surface area is 116 Å². The molecule has 0 atom stereocenters. The van der Waals surface area contributed by atoms with Gasteiger partial charge >= 0.3 is 5.97 Å². The van der Waals surface area contributed by atoms with E-state index in [4.69, 9.17) is 4.74 Å². The highest BCUT2D eigenvalue weighted by Crippen LogP contribution is 2.26. The van der Waals surface area contributed by atoms with Crippen LogP contribution in [0.4, 0.5) is 0 Å². The summed E-state index contributed by atoms with van der Waals surface area (Å²) in [7, 11) is 1.52. The average Bonchev–Trinajstić information content (AvgIpc) is 2.86. The molecule has 0 bridgehead atoms. The van der Waals surface area contributed by atoms with Gasteiger partial charge in [-0.3, -0.25) is 0 Å². The van der Waals surface area contributed by atoms with E-state index in [2.05, 4.69) is 15.5 Å². The first kappa shape index (κ1) is 14.0. The van der Waals surface area contributed by atoms with Crippen molar-refractivity contribution in [1.82, 2.24) is 20.2 Å². The normalized spacial score (nSPS) is 11.4. The summed E-state index contributed by atoms with van der Waals surface area (Å²) in [5.74, 6) is 0.0756. The third-order valence-electron chi connectivity index (χ3n) is 2.80. The predicted octanol–water partition coefficient (Wildman–Crippen LogP) is 1.67. The Bertz CT molecular complexity index is 643. The third kappa shape index (κ3) is 2.47. The van der Waals surface area contributed by atoms with Crippen LogP contribution in [-0.4, -0.2) is 38.4 Å². The molecule has 2 aromatic rings. The Kier molecular flexibility index (Phi) is 3.44. The zero-order valence-electron chi connectivity index (χ0n) is 11.8. The van der Waals surface area contributed by atoms with E-state index < -0.39 is 5.97 Å². The molecule has 1 aromatic heterocycles. The van der Waals surface area contributed by atoms with E-state index in [1.54, 1.807) is 12.1 Å². The summed E-state index contributed by atoms with van der Waals surface area (Å²) in [4.78, 5) is 11.4. The molecular formula is C13H16N4O3. The first-order chi connectivity index (χ1) is 9.34. The van der Waals surface area contributed by atoms with Gasteiger partial charge in [0.15, 0.2) is 5.82 Å². The van der Waals surface area contributed by atoms with Crippen molar-refractivity contribution >= 4 is 5.97 Å². The van der Waals surface area contributed by atoms with Crippen LogP contribution in [0.25, 0.3) is 5.69 Å². The quantitative estimate of drug-likeness (QED) is 0.917. The molecule has 1 aromatic carbocycles. The molecule has 7 heteroatoms. The molecule has 1 heterocycles. The Morgan fingerprint density at radius 1 is 1.35 bits per heavy atom. The lowest BCUT2D eigenvalue weighted by Crippen LogP contribution is -2.20. The fourth-order valence-corrected chi connectivity index (χ4v) is 1.81. The number of carboxylic acid groups (broad SMARTS) is 1. The Balaban J connectivity index is 2.68. The van der Waals surface area contributed by atoms with Crippen molar-refractivity contribution in [3.8, 4) is 11.4 Å². The van der Waals surface area contributed by atoms with E-state index in [-0.39, 0.29) is 11.0 Å². The Hall–Kier alpha value is -2.44. The molecule has 20 heavy (non-hydrogen) atoms. The number of carbonyl (C=O) groups is 1. The second kappa shape index (κ2) is 4.92. The first-order valence-corrected chi connectivity index (χ1v) is 6.05. The van der Waals surface area contributed by atoms with E-state index in [0.717, 1.165) is 0 Å². The summed E-state index contributed by atoms with van der Waals surface area (Å²) in [6.07, 6.45) is 0. The molecule has 0 aliphatic heterocycles. The summed E-state index contributed by atoms with van der Waals surface area (Å²) >= 11 is 0. The second-order valence-electron chi connectivity index (χ2n) is 5.35. The van der Waals surface area contributed by atoms with Gasteiger partial charge in [-0.15, -0.1) is 5.10 Å². The van der Waals surface area contributed by atoms with Crippen LogP contribution < -0.4 is 4.74 Å². The predicted molar refractivity (Wildman–Crippen MR) is 71.4 cm³/mol. The zero-order valence-corrected chi connectivity index (χ0v) is 11.8. The molecule has 0 radical (unpaired) electrons. The van der Waals surface area contributed by atoms with Crippen LogP contribution in [0.5, 0.6) is 5.75 Å². The highest BCUT2D eigenvalue weighted by molar-refractivity contribution is 5.92. The first-order valence-electron chi connectivity index (χ1n) is 6.05. The van der Waals surface area contributed by atoms with E-state index in [1.807, 2.05) is 20.8 Å².